The highest BCUT2D eigenvalue weighted by molar-refractivity contribution is 7.89. The van der Waals surface area contributed by atoms with E-state index >= 15 is 0 Å². The van der Waals surface area contributed by atoms with Crippen LogP contribution in [0.5, 0.6) is 11.5 Å². The van der Waals surface area contributed by atoms with Gasteiger partial charge in [-0.25, -0.2) is 13.2 Å². The number of rotatable bonds is 5. The van der Waals surface area contributed by atoms with Crippen LogP contribution < -0.4 is 9.47 Å². The summed E-state index contributed by atoms with van der Waals surface area (Å²) < 4.78 is 37.3. The van der Waals surface area contributed by atoms with Crippen molar-refractivity contribution in [1.29, 1.82) is 0 Å². The third-order valence-electron chi connectivity index (χ3n) is 4.43. The van der Waals surface area contributed by atoms with Crippen LogP contribution in [-0.2, 0) is 10.0 Å². The number of hydrogen-bond donors (Lipinski definition) is 0. The number of piperidine rings is 1. The molecular formula is C18H21NO5S2. The molecule has 2 heterocycles. The average molecular weight is 396 g/mol. The van der Waals surface area contributed by atoms with Gasteiger partial charge in [0.05, 0.1) is 12.0 Å². The van der Waals surface area contributed by atoms with E-state index in [4.69, 9.17) is 9.47 Å². The van der Waals surface area contributed by atoms with Gasteiger partial charge in [-0.05, 0) is 49.1 Å². The zero-order valence-electron chi connectivity index (χ0n) is 14.7. The number of carbonyl (C=O) groups excluding carboxylic acids is 1. The Morgan fingerprint density at radius 1 is 1.15 bits per heavy atom. The first-order chi connectivity index (χ1) is 12.4. The van der Waals surface area contributed by atoms with Gasteiger partial charge in [0.1, 0.15) is 16.4 Å². The van der Waals surface area contributed by atoms with Crippen LogP contribution in [0.25, 0.3) is 0 Å². The molecule has 1 fully saturated rings. The van der Waals surface area contributed by atoms with Gasteiger partial charge in [-0.2, -0.15) is 4.31 Å². The topological polar surface area (TPSA) is 72.9 Å². The van der Waals surface area contributed by atoms with Crippen LogP contribution in [0.4, 0.5) is 0 Å². The Morgan fingerprint density at radius 2 is 1.77 bits per heavy atom. The Hall–Kier alpha value is -1.90. The number of methoxy groups -OCH3 is 1. The SMILES string of the molecule is COc1ccc(OC(=O)c2cc(S(=O)(=O)N3CCC(C)CC3)cs2)cc1. The van der Waals surface area contributed by atoms with Crippen molar-refractivity contribution in [2.45, 2.75) is 24.7 Å². The molecule has 1 aliphatic heterocycles. The highest BCUT2D eigenvalue weighted by Gasteiger charge is 2.29. The molecule has 1 aromatic carbocycles. The summed E-state index contributed by atoms with van der Waals surface area (Å²) in [7, 11) is -2.01. The molecule has 0 amide bonds. The van der Waals surface area contributed by atoms with Crippen LogP contribution in [0.2, 0.25) is 0 Å². The summed E-state index contributed by atoms with van der Waals surface area (Å²) in [6.45, 7) is 3.16. The lowest BCUT2D eigenvalue weighted by molar-refractivity contribution is 0.0739. The molecule has 1 saturated heterocycles. The number of esters is 1. The largest absolute Gasteiger partial charge is 0.497 e. The van der Waals surface area contributed by atoms with Gasteiger partial charge in [-0.3, -0.25) is 0 Å². The number of sulfonamides is 1. The molecule has 6 nitrogen and oxygen atoms in total. The number of thiophene rings is 1. The predicted molar refractivity (Wildman–Crippen MR) is 99.4 cm³/mol. The number of benzene rings is 1. The second-order valence-corrected chi connectivity index (χ2v) is 9.15. The van der Waals surface area contributed by atoms with E-state index < -0.39 is 16.0 Å². The van der Waals surface area contributed by atoms with Gasteiger partial charge in [-0.1, -0.05) is 6.92 Å². The second kappa shape index (κ2) is 7.77. The Kier molecular flexibility index (Phi) is 5.64. The number of nitrogens with zero attached hydrogens (tertiary/aromatic N) is 1. The normalized spacial score (nSPS) is 16.4. The van der Waals surface area contributed by atoms with Crippen molar-refractivity contribution < 1.29 is 22.7 Å². The quantitative estimate of drug-likeness (QED) is 0.573. The third-order valence-corrected chi connectivity index (χ3v) is 7.36. The summed E-state index contributed by atoms with van der Waals surface area (Å²) >= 11 is 1.07. The van der Waals surface area contributed by atoms with Crippen molar-refractivity contribution >= 4 is 27.3 Å². The Balaban J connectivity index is 1.71. The lowest BCUT2D eigenvalue weighted by Crippen LogP contribution is -2.37. The second-order valence-electron chi connectivity index (χ2n) is 6.30. The fourth-order valence-electron chi connectivity index (χ4n) is 2.74. The number of carbonyl (C=O) groups is 1. The van der Waals surface area contributed by atoms with Crippen molar-refractivity contribution in [3.63, 3.8) is 0 Å². The van der Waals surface area contributed by atoms with Crippen LogP contribution in [0.1, 0.15) is 29.4 Å². The minimum Gasteiger partial charge on any atom is -0.497 e. The zero-order valence-corrected chi connectivity index (χ0v) is 16.3. The minimum atomic E-state index is -3.56. The van der Waals surface area contributed by atoms with E-state index in [1.807, 2.05) is 0 Å². The van der Waals surface area contributed by atoms with E-state index in [0.717, 1.165) is 24.2 Å². The van der Waals surface area contributed by atoms with Gasteiger partial charge in [0, 0.05) is 18.5 Å². The molecule has 0 atom stereocenters. The summed E-state index contributed by atoms with van der Waals surface area (Å²) in [5.41, 5.74) is 0. The van der Waals surface area contributed by atoms with Gasteiger partial charge >= 0.3 is 5.97 Å². The molecule has 0 spiro atoms. The number of ether oxygens (including phenoxy) is 2. The maximum atomic E-state index is 12.7. The molecule has 0 N–H and O–H groups in total. The van der Waals surface area contributed by atoms with Gasteiger partial charge in [0.2, 0.25) is 10.0 Å². The highest BCUT2D eigenvalue weighted by Crippen LogP contribution is 2.27. The molecule has 1 aromatic heterocycles. The van der Waals surface area contributed by atoms with E-state index in [-0.39, 0.29) is 9.77 Å². The molecule has 1 aliphatic rings. The van der Waals surface area contributed by atoms with E-state index in [9.17, 15) is 13.2 Å². The Morgan fingerprint density at radius 3 is 2.38 bits per heavy atom. The maximum Gasteiger partial charge on any atom is 0.353 e. The van der Waals surface area contributed by atoms with Crippen molar-refractivity contribution in [1.82, 2.24) is 4.31 Å². The standard InChI is InChI=1S/C18H21NO5S2/c1-13-7-9-19(10-8-13)26(21,22)16-11-17(25-12-16)18(20)24-15-5-3-14(23-2)4-6-15/h3-6,11-13H,7-10H2,1-2H3. The first kappa shape index (κ1) is 18.9. The fraction of sp³-hybridized carbons (Fsp3) is 0.389. The monoisotopic (exact) mass is 395 g/mol. The third kappa shape index (κ3) is 4.08. The summed E-state index contributed by atoms with van der Waals surface area (Å²) in [4.78, 5) is 12.7. The van der Waals surface area contributed by atoms with E-state index in [1.54, 1.807) is 31.4 Å². The van der Waals surface area contributed by atoms with Gasteiger partial charge in [0.15, 0.2) is 0 Å². The molecule has 8 heteroatoms. The molecule has 26 heavy (non-hydrogen) atoms. The molecule has 3 rings (SSSR count). The predicted octanol–water partition coefficient (Wildman–Crippen LogP) is 3.40. The summed E-state index contributed by atoms with van der Waals surface area (Å²) in [5.74, 6) is 0.997. The molecule has 0 saturated carbocycles. The van der Waals surface area contributed by atoms with Crippen LogP contribution >= 0.6 is 11.3 Å². The van der Waals surface area contributed by atoms with Gasteiger partial charge in [-0.15, -0.1) is 11.3 Å². The van der Waals surface area contributed by atoms with Crippen LogP contribution in [0, 0.1) is 5.92 Å². The van der Waals surface area contributed by atoms with Gasteiger partial charge < -0.3 is 9.47 Å². The Bertz CT molecular complexity index is 865. The molecule has 2 aromatic rings. The van der Waals surface area contributed by atoms with Crippen molar-refractivity contribution in [2.24, 2.45) is 5.92 Å². The van der Waals surface area contributed by atoms with Crippen molar-refractivity contribution in [2.75, 3.05) is 20.2 Å². The summed E-state index contributed by atoms with van der Waals surface area (Å²) in [6, 6.07) is 8.01. The molecule has 0 unspecified atom stereocenters. The molecule has 0 radical (unpaired) electrons. The smallest absolute Gasteiger partial charge is 0.353 e. The van der Waals surface area contributed by atoms with Crippen LogP contribution in [-0.4, -0.2) is 38.9 Å². The van der Waals surface area contributed by atoms with Gasteiger partial charge in [0.25, 0.3) is 0 Å². The van der Waals surface area contributed by atoms with E-state index in [2.05, 4.69) is 6.92 Å². The van der Waals surface area contributed by atoms with Crippen LogP contribution in [0.15, 0.2) is 40.6 Å². The number of hydrogen-bond acceptors (Lipinski definition) is 6. The lowest BCUT2D eigenvalue weighted by Gasteiger charge is -2.29. The van der Waals surface area contributed by atoms with Crippen molar-refractivity contribution in [3.05, 3.63) is 40.6 Å². The Labute approximate surface area is 157 Å². The molecule has 0 bridgehead atoms. The average Bonchev–Trinajstić information content (AvgIpc) is 3.14. The maximum absolute atomic E-state index is 12.7. The highest BCUT2D eigenvalue weighted by atomic mass is 32.2. The first-order valence-electron chi connectivity index (χ1n) is 8.35. The zero-order chi connectivity index (χ0) is 18.7. The fourth-order valence-corrected chi connectivity index (χ4v) is 5.34. The molecular weight excluding hydrogens is 374 g/mol. The minimum absolute atomic E-state index is 0.152. The summed E-state index contributed by atoms with van der Waals surface area (Å²) in [6.07, 6.45) is 1.71. The van der Waals surface area contributed by atoms with E-state index in [0.29, 0.717) is 30.5 Å². The first-order valence-corrected chi connectivity index (χ1v) is 10.7. The molecule has 140 valence electrons. The van der Waals surface area contributed by atoms with E-state index in [1.165, 1.54) is 15.8 Å². The molecule has 0 aliphatic carbocycles. The summed E-state index contributed by atoms with van der Waals surface area (Å²) in [5, 5.41) is 1.50. The van der Waals surface area contributed by atoms with Crippen LogP contribution in [0.3, 0.4) is 0 Å². The van der Waals surface area contributed by atoms with Crippen molar-refractivity contribution in [3.8, 4) is 11.5 Å². The lowest BCUT2D eigenvalue weighted by atomic mass is 10.0.